The first-order valence-electron chi connectivity index (χ1n) is 6.56. The number of imidazole rings is 1. The standard InChI is InChI=1S/C13H12N6O2/c20-13(21)11-12(15-9-3-1-2-4-19(9)11)17-5-6-18-8-14-16-10(18)7-17/h1-4,8H,5-7H2,(H,20,21). The number of aromatic nitrogens is 5. The Morgan fingerprint density at radius 1 is 1.29 bits per heavy atom. The average molecular weight is 284 g/mol. The van der Waals surface area contributed by atoms with Crippen LogP contribution < -0.4 is 4.90 Å². The topological polar surface area (TPSA) is 88.5 Å². The van der Waals surface area contributed by atoms with Gasteiger partial charge in [0.2, 0.25) is 0 Å². The van der Waals surface area contributed by atoms with Crippen molar-refractivity contribution >= 4 is 17.4 Å². The third kappa shape index (κ3) is 1.76. The number of fused-ring (bicyclic) bond motifs is 2. The number of nitrogens with zero attached hydrogens (tertiary/aromatic N) is 6. The average Bonchev–Trinajstić information content (AvgIpc) is 3.10. The summed E-state index contributed by atoms with van der Waals surface area (Å²) >= 11 is 0. The van der Waals surface area contributed by atoms with E-state index >= 15 is 0 Å². The van der Waals surface area contributed by atoms with E-state index in [1.807, 2.05) is 15.5 Å². The van der Waals surface area contributed by atoms with Crippen molar-refractivity contribution < 1.29 is 9.90 Å². The SMILES string of the molecule is O=C(O)c1c(N2CCn3cnnc3C2)nc2ccccn12. The number of pyridine rings is 1. The highest BCUT2D eigenvalue weighted by Gasteiger charge is 2.26. The number of aromatic carboxylic acids is 1. The van der Waals surface area contributed by atoms with Gasteiger partial charge in [-0.25, -0.2) is 9.78 Å². The fourth-order valence-electron chi connectivity index (χ4n) is 2.65. The van der Waals surface area contributed by atoms with Gasteiger partial charge in [-0.15, -0.1) is 10.2 Å². The monoisotopic (exact) mass is 284 g/mol. The van der Waals surface area contributed by atoms with E-state index in [-0.39, 0.29) is 5.69 Å². The molecule has 106 valence electrons. The second kappa shape index (κ2) is 4.30. The first kappa shape index (κ1) is 11.9. The van der Waals surface area contributed by atoms with Crippen molar-refractivity contribution in [1.82, 2.24) is 24.1 Å². The molecule has 8 nitrogen and oxygen atoms in total. The van der Waals surface area contributed by atoms with Crippen LogP contribution in [-0.2, 0) is 13.1 Å². The summed E-state index contributed by atoms with van der Waals surface area (Å²) in [6, 6.07) is 5.42. The van der Waals surface area contributed by atoms with E-state index in [1.54, 1.807) is 29.1 Å². The van der Waals surface area contributed by atoms with Gasteiger partial charge < -0.3 is 14.6 Å². The summed E-state index contributed by atoms with van der Waals surface area (Å²) in [4.78, 5) is 18.0. The van der Waals surface area contributed by atoms with Crippen LogP contribution >= 0.6 is 0 Å². The van der Waals surface area contributed by atoms with E-state index in [1.165, 1.54) is 0 Å². The van der Waals surface area contributed by atoms with Gasteiger partial charge in [0.25, 0.3) is 0 Å². The lowest BCUT2D eigenvalue weighted by molar-refractivity contribution is 0.0690. The second-order valence-corrected chi connectivity index (χ2v) is 4.88. The highest BCUT2D eigenvalue weighted by molar-refractivity contribution is 5.93. The first-order valence-corrected chi connectivity index (χ1v) is 6.56. The molecule has 0 saturated carbocycles. The molecule has 0 atom stereocenters. The van der Waals surface area contributed by atoms with Crippen molar-refractivity contribution in [2.24, 2.45) is 0 Å². The summed E-state index contributed by atoms with van der Waals surface area (Å²) in [7, 11) is 0. The summed E-state index contributed by atoms with van der Waals surface area (Å²) in [6.45, 7) is 1.90. The molecule has 3 aromatic heterocycles. The lowest BCUT2D eigenvalue weighted by Gasteiger charge is -2.27. The highest BCUT2D eigenvalue weighted by Crippen LogP contribution is 2.25. The van der Waals surface area contributed by atoms with Gasteiger partial charge in [0.05, 0.1) is 6.54 Å². The number of carboxylic acid groups (broad SMARTS) is 1. The van der Waals surface area contributed by atoms with Crippen LogP contribution in [0.4, 0.5) is 5.82 Å². The van der Waals surface area contributed by atoms with Gasteiger partial charge >= 0.3 is 5.97 Å². The number of hydrogen-bond donors (Lipinski definition) is 1. The van der Waals surface area contributed by atoms with Crippen LogP contribution in [0.15, 0.2) is 30.7 Å². The molecule has 0 aliphatic carbocycles. The molecule has 3 aromatic rings. The number of carbonyl (C=O) groups is 1. The van der Waals surface area contributed by atoms with Crippen LogP contribution in [0.5, 0.6) is 0 Å². The molecule has 0 amide bonds. The molecule has 1 aliphatic heterocycles. The minimum Gasteiger partial charge on any atom is -0.476 e. The van der Waals surface area contributed by atoms with Gasteiger partial charge in [0.15, 0.2) is 17.3 Å². The minimum atomic E-state index is -0.990. The molecule has 0 spiro atoms. The largest absolute Gasteiger partial charge is 0.476 e. The van der Waals surface area contributed by atoms with Gasteiger partial charge in [0, 0.05) is 19.3 Å². The van der Waals surface area contributed by atoms with Crippen LogP contribution in [0.25, 0.3) is 5.65 Å². The molecule has 0 radical (unpaired) electrons. The Balaban J connectivity index is 1.84. The fourth-order valence-corrected chi connectivity index (χ4v) is 2.65. The molecule has 1 N–H and O–H groups in total. The minimum absolute atomic E-state index is 0.179. The molecule has 0 fully saturated rings. The van der Waals surface area contributed by atoms with Crippen molar-refractivity contribution in [3.63, 3.8) is 0 Å². The first-order chi connectivity index (χ1) is 10.2. The van der Waals surface area contributed by atoms with E-state index in [4.69, 9.17) is 0 Å². The maximum atomic E-state index is 11.6. The van der Waals surface area contributed by atoms with Gasteiger partial charge in [-0.2, -0.15) is 0 Å². The van der Waals surface area contributed by atoms with E-state index in [0.717, 1.165) is 12.4 Å². The molecule has 21 heavy (non-hydrogen) atoms. The Labute approximate surface area is 119 Å². The van der Waals surface area contributed by atoms with E-state index in [0.29, 0.717) is 24.6 Å². The zero-order chi connectivity index (χ0) is 14.4. The molecule has 0 saturated heterocycles. The molecular weight excluding hydrogens is 272 g/mol. The van der Waals surface area contributed by atoms with Crippen LogP contribution in [0.1, 0.15) is 16.3 Å². The summed E-state index contributed by atoms with van der Waals surface area (Å²) in [6.07, 6.45) is 3.40. The highest BCUT2D eigenvalue weighted by atomic mass is 16.4. The summed E-state index contributed by atoms with van der Waals surface area (Å²) in [5, 5.41) is 17.4. The molecule has 4 rings (SSSR count). The summed E-state index contributed by atoms with van der Waals surface area (Å²) in [5.41, 5.74) is 0.801. The fraction of sp³-hybridized carbons (Fsp3) is 0.231. The molecule has 0 bridgehead atoms. The van der Waals surface area contributed by atoms with Crippen molar-refractivity contribution in [2.45, 2.75) is 13.1 Å². The quantitative estimate of drug-likeness (QED) is 0.743. The van der Waals surface area contributed by atoms with Gasteiger partial charge in [-0.05, 0) is 12.1 Å². The zero-order valence-corrected chi connectivity index (χ0v) is 11.0. The van der Waals surface area contributed by atoms with Crippen LogP contribution in [0, 0.1) is 0 Å². The van der Waals surface area contributed by atoms with Crippen molar-refractivity contribution in [2.75, 3.05) is 11.4 Å². The molecule has 1 aliphatic rings. The Morgan fingerprint density at radius 3 is 3.05 bits per heavy atom. The van der Waals surface area contributed by atoms with E-state index in [2.05, 4.69) is 15.2 Å². The Hall–Kier alpha value is -2.90. The number of rotatable bonds is 2. The molecular formula is C13H12N6O2. The predicted molar refractivity (Wildman–Crippen MR) is 73.2 cm³/mol. The van der Waals surface area contributed by atoms with E-state index < -0.39 is 5.97 Å². The lowest BCUT2D eigenvalue weighted by atomic mass is 10.3. The number of anilines is 1. The van der Waals surface area contributed by atoms with Crippen LogP contribution in [0.2, 0.25) is 0 Å². The van der Waals surface area contributed by atoms with E-state index in [9.17, 15) is 9.90 Å². The Kier molecular flexibility index (Phi) is 2.44. The summed E-state index contributed by atoms with van der Waals surface area (Å²) in [5.74, 6) is 0.299. The maximum absolute atomic E-state index is 11.6. The van der Waals surface area contributed by atoms with Gasteiger partial charge in [-0.3, -0.25) is 4.40 Å². The maximum Gasteiger partial charge on any atom is 0.356 e. The van der Waals surface area contributed by atoms with Crippen LogP contribution in [0.3, 0.4) is 0 Å². The van der Waals surface area contributed by atoms with Crippen molar-refractivity contribution in [3.05, 3.63) is 42.2 Å². The van der Waals surface area contributed by atoms with Crippen molar-refractivity contribution in [3.8, 4) is 0 Å². The Morgan fingerprint density at radius 2 is 2.19 bits per heavy atom. The third-order valence-electron chi connectivity index (χ3n) is 3.65. The normalized spacial score (nSPS) is 14.4. The molecule has 4 heterocycles. The number of carboxylic acids is 1. The van der Waals surface area contributed by atoms with Gasteiger partial charge in [-0.1, -0.05) is 6.07 Å². The molecule has 0 unspecified atom stereocenters. The Bertz CT molecular complexity index is 836. The van der Waals surface area contributed by atoms with Gasteiger partial charge in [0.1, 0.15) is 12.0 Å². The molecule has 8 heteroatoms. The third-order valence-corrected chi connectivity index (χ3v) is 3.65. The number of hydrogen-bond acceptors (Lipinski definition) is 5. The zero-order valence-electron chi connectivity index (χ0n) is 11.0. The smallest absolute Gasteiger partial charge is 0.356 e. The second-order valence-electron chi connectivity index (χ2n) is 4.88. The molecule has 0 aromatic carbocycles. The van der Waals surface area contributed by atoms with Crippen molar-refractivity contribution in [1.29, 1.82) is 0 Å². The summed E-state index contributed by atoms with van der Waals surface area (Å²) < 4.78 is 3.56. The lowest BCUT2D eigenvalue weighted by Crippen LogP contribution is -2.34. The van der Waals surface area contributed by atoms with Crippen LogP contribution in [-0.4, -0.2) is 41.8 Å². The predicted octanol–water partition coefficient (Wildman–Crippen LogP) is 0.644.